The number of hydrogen-bond donors (Lipinski definition) is 0. The maximum Gasteiger partial charge on any atom is 0.261 e. The Kier molecular flexibility index (Phi) is 5.85. The molecule has 0 aromatic heterocycles. The summed E-state index contributed by atoms with van der Waals surface area (Å²) < 4.78 is 4.84. The van der Waals surface area contributed by atoms with Gasteiger partial charge in [-0.25, -0.2) is 0 Å². The zero-order valence-corrected chi connectivity index (χ0v) is 15.3. The fourth-order valence-corrected chi connectivity index (χ4v) is 3.41. The molecule has 0 saturated carbocycles. The predicted molar refractivity (Wildman–Crippen MR) is 96.1 cm³/mol. The second kappa shape index (κ2) is 8.30. The smallest absolute Gasteiger partial charge is 0.261 e. The topological polar surface area (TPSA) is 87.2 Å². The molecule has 8 nitrogen and oxygen atoms in total. The Morgan fingerprint density at radius 3 is 1.96 bits per heavy atom. The average molecular weight is 373 g/mol. The Labute approximate surface area is 157 Å². The number of hydrogen-bond acceptors (Lipinski definition) is 5. The predicted octanol–water partition coefficient (Wildman–Crippen LogP) is 0.380. The van der Waals surface area contributed by atoms with Crippen LogP contribution in [0.25, 0.3) is 0 Å². The number of carbonyl (C=O) groups excluding carboxylic acids is 4. The molecule has 1 aromatic carbocycles. The van der Waals surface area contributed by atoms with Crippen LogP contribution < -0.4 is 0 Å². The van der Waals surface area contributed by atoms with E-state index < -0.39 is 0 Å². The van der Waals surface area contributed by atoms with Gasteiger partial charge in [0.25, 0.3) is 11.8 Å². The van der Waals surface area contributed by atoms with Crippen LogP contribution in [-0.4, -0.2) is 84.8 Å². The molecule has 2 aliphatic rings. The molecule has 144 valence electrons. The van der Waals surface area contributed by atoms with Gasteiger partial charge in [0.1, 0.15) is 6.61 Å². The van der Waals surface area contributed by atoms with Crippen LogP contribution in [0.5, 0.6) is 0 Å². The maximum atomic E-state index is 12.4. The summed E-state index contributed by atoms with van der Waals surface area (Å²) in [5.41, 5.74) is 0.844. The first kappa shape index (κ1) is 19.0. The van der Waals surface area contributed by atoms with Crippen LogP contribution in [-0.2, 0) is 14.3 Å². The largest absolute Gasteiger partial charge is 0.375 e. The monoisotopic (exact) mass is 373 g/mol. The lowest BCUT2D eigenvalue weighted by atomic mass is 10.1. The summed E-state index contributed by atoms with van der Waals surface area (Å²) in [6.07, 6.45) is 0.687. The fraction of sp³-hybridized carbons (Fsp3) is 0.474. The third-order valence-corrected chi connectivity index (χ3v) is 4.90. The van der Waals surface area contributed by atoms with Gasteiger partial charge in [0.2, 0.25) is 11.8 Å². The lowest BCUT2D eigenvalue weighted by Crippen LogP contribution is -2.51. The number of benzene rings is 1. The van der Waals surface area contributed by atoms with Crippen LogP contribution in [0.3, 0.4) is 0 Å². The molecular formula is C19H23N3O5. The summed E-state index contributed by atoms with van der Waals surface area (Å²) in [4.78, 5) is 53.4. The van der Waals surface area contributed by atoms with Crippen LogP contribution in [0.4, 0.5) is 0 Å². The molecule has 1 aromatic rings. The van der Waals surface area contributed by atoms with Gasteiger partial charge in [-0.3, -0.25) is 24.1 Å². The normalized spacial score (nSPS) is 16.7. The molecule has 0 aliphatic carbocycles. The number of imide groups is 1. The van der Waals surface area contributed by atoms with Crippen molar-refractivity contribution in [1.82, 2.24) is 14.7 Å². The van der Waals surface area contributed by atoms with Crippen molar-refractivity contribution in [2.75, 3.05) is 46.4 Å². The highest BCUT2D eigenvalue weighted by atomic mass is 16.5. The van der Waals surface area contributed by atoms with Crippen LogP contribution in [0, 0.1) is 0 Å². The lowest BCUT2D eigenvalue weighted by molar-refractivity contribution is -0.141. The molecule has 0 radical (unpaired) electrons. The molecule has 0 unspecified atom stereocenters. The molecule has 8 heteroatoms. The summed E-state index contributed by atoms with van der Waals surface area (Å²) >= 11 is 0. The van der Waals surface area contributed by atoms with Crippen molar-refractivity contribution in [2.45, 2.75) is 12.8 Å². The van der Waals surface area contributed by atoms with Crippen molar-refractivity contribution < 1.29 is 23.9 Å². The second-order valence-electron chi connectivity index (χ2n) is 6.61. The maximum absolute atomic E-state index is 12.4. The average Bonchev–Trinajstić information content (AvgIpc) is 2.93. The fourth-order valence-electron chi connectivity index (χ4n) is 3.41. The Hall–Kier alpha value is -2.74. The second-order valence-corrected chi connectivity index (χ2v) is 6.61. The van der Waals surface area contributed by atoms with Crippen molar-refractivity contribution in [3.63, 3.8) is 0 Å². The van der Waals surface area contributed by atoms with Gasteiger partial charge in [0.15, 0.2) is 0 Å². The van der Waals surface area contributed by atoms with Gasteiger partial charge < -0.3 is 14.5 Å². The van der Waals surface area contributed by atoms with Gasteiger partial charge in [-0.05, 0) is 18.6 Å². The zero-order chi connectivity index (χ0) is 19.4. The van der Waals surface area contributed by atoms with E-state index in [2.05, 4.69) is 0 Å². The minimum Gasteiger partial charge on any atom is -0.375 e. The number of ether oxygens (including phenoxy) is 1. The third kappa shape index (κ3) is 4.00. The van der Waals surface area contributed by atoms with Crippen LogP contribution in [0.15, 0.2) is 24.3 Å². The Morgan fingerprint density at radius 2 is 1.44 bits per heavy atom. The number of rotatable bonds is 6. The lowest BCUT2D eigenvalue weighted by Gasteiger charge is -2.34. The van der Waals surface area contributed by atoms with Crippen molar-refractivity contribution in [3.05, 3.63) is 35.4 Å². The van der Waals surface area contributed by atoms with Crippen molar-refractivity contribution in [1.29, 1.82) is 0 Å². The number of methoxy groups -OCH3 is 1. The molecule has 27 heavy (non-hydrogen) atoms. The van der Waals surface area contributed by atoms with E-state index in [0.29, 0.717) is 43.7 Å². The molecule has 4 amide bonds. The van der Waals surface area contributed by atoms with Gasteiger partial charge in [-0.2, -0.15) is 0 Å². The summed E-state index contributed by atoms with van der Waals surface area (Å²) in [7, 11) is 1.48. The number of carbonyl (C=O) groups is 4. The Bertz CT molecular complexity index is 720. The molecule has 2 aliphatic heterocycles. The molecule has 0 atom stereocenters. The molecular weight excluding hydrogens is 350 g/mol. The first-order chi connectivity index (χ1) is 13.0. The van der Waals surface area contributed by atoms with E-state index in [0.717, 1.165) is 0 Å². The summed E-state index contributed by atoms with van der Waals surface area (Å²) in [5.74, 6) is -0.692. The van der Waals surface area contributed by atoms with E-state index in [1.807, 2.05) is 0 Å². The van der Waals surface area contributed by atoms with Gasteiger partial charge in [0.05, 0.1) is 11.1 Å². The van der Waals surface area contributed by atoms with Crippen molar-refractivity contribution in [2.24, 2.45) is 0 Å². The van der Waals surface area contributed by atoms with Crippen LogP contribution >= 0.6 is 0 Å². The van der Waals surface area contributed by atoms with Crippen LogP contribution in [0.1, 0.15) is 33.6 Å². The van der Waals surface area contributed by atoms with Gasteiger partial charge in [0, 0.05) is 46.3 Å². The van der Waals surface area contributed by atoms with Gasteiger partial charge in [-0.15, -0.1) is 0 Å². The Morgan fingerprint density at radius 1 is 0.926 bits per heavy atom. The molecule has 0 N–H and O–H groups in total. The molecule has 2 heterocycles. The van der Waals surface area contributed by atoms with Crippen LogP contribution in [0.2, 0.25) is 0 Å². The molecule has 1 saturated heterocycles. The summed E-state index contributed by atoms with van der Waals surface area (Å²) in [6, 6.07) is 6.75. The standard InChI is InChI=1S/C19H23N3O5/c1-27-13-17(24)21-11-9-20(10-12-21)16(23)7-4-8-22-18(25)14-5-2-3-6-15(14)19(22)26/h2-3,5-6H,4,7-13H2,1H3. The third-order valence-electron chi connectivity index (χ3n) is 4.90. The van der Waals surface area contributed by atoms with E-state index in [9.17, 15) is 19.2 Å². The van der Waals surface area contributed by atoms with E-state index >= 15 is 0 Å². The highest BCUT2D eigenvalue weighted by Gasteiger charge is 2.34. The van der Waals surface area contributed by atoms with Crippen molar-refractivity contribution in [3.8, 4) is 0 Å². The number of amides is 4. The molecule has 3 rings (SSSR count). The van der Waals surface area contributed by atoms with Gasteiger partial charge in [-0.1, -0.05) is 12.1 Å². The van der Waals surface area contributed by atoms with Gasteiger partial charge >= 0.3 is 0 Å². The first-order valence-corrected chi connectivity index (χ1v) is 9.02. The minimum absolute atomic E-state index is 0.0227. The Balaban J connectivity index is 1.44. The highest BCUT2D eigenvalue weighted by Crippen LogP contribution is 2.22. The quantitative estimate of drug-likeness (QED) is 0.673. The minimum atomic E-state index is -0.298. The van der Waals surface area contributed by atoms with Crippen molar-refractivity contribution >= 4 is 23.6 Å². The van der Waals surface area contributed by atoms with E-state index in [-0.39, 0.29) is 43.2 Å². The number of nitrogens with zero attached hydrogens (tertiary/aromatic N) is 3. The summed E-state index contributed by atoms with van der Waals surface area (Å²) in [5, 5.41) is 0. The van der Waals surface area contributed by atoms with E-state index in [1.54, 1.807) is 34.1 Å². The number of fused-ring (bicyclic) bond motifs is 1. The molecule has 0 spiro atoms. The zero-order valence-electron chi connectivity index (χ0n) is 15.3. The SMILES string of the molecule is COCC(=O)N1CCN(C(=O)CCCN2C(=O)c3ccccc3C2=O)CC1. The first-order valence-electron chi connectivity index (χ1n) is 9.02. The highest BCUT2D eigenvalue weighted by molar-refractivity contribution is 6.21. The molecule has 0 bridgehead atoms. The summed E-state index contributed by atoms with van der Waals surface area (Å²) in [6.45, 7) is 2.24. The van der Waals surface area contributed by atoms with E-state index in [1.165, 1.54) is 12.0 Å². The molecule has 1 fully saturated rings. The number of piperazine rings is 1. The van der Waals surface area contributed by atoms with E-state index in [4.69, 9.17) is 4.74 Å².